The molecule has 0 spiro atoms. The second-order valence-electron chi connectivity index (χ2n) is 4.92. The van der Waals surface area contributed by atoms with Crippen molar-refractivity contribution in [3.63, 3.8) is 0 Å². The summed E-state index contributed by atoms with van der Waals surface area (Å²) in [5.41, 5.74) is 0.608. The molecule has 2 aromatic rings. The fourth-order valence-corrected chi connectivity index (χ4v) is 2.38. The van der Waals surface area contributed by atoms with Crippen LogP contribution in [0.25, 0.3) is 5.69 Å². The molecule has 3 heterocycles. The third-order valence-corrected chi connectivity index (χ3v) is 3.43. The van der Waals surface area contributed by atoms with Crippen LogP contribution in [0.2, 0.25) is 0 Å². The molecule has 1 aliphatic rings. The van der Waals surface area contributed by atoms with Crippen LogP contribution in [0.3, 0.4) is 0 Å². The van der Waals surface area contributed by atoms with Gasteiger partial charge in [-0.1, -0.05) is 0 Å². The first kappa shape index (κ1) is 12.9. The second-order valence-corrected chi connectivity index (χ2v) is 4.92. The Bertz CT molecular complexity index is 663. The van der Waals surface area contributed by atoms with Gasteiger partial charge in [-0.05, 0) is 6.92 Å². The van der Waals surface area contributed by atoms with Gasteiger partial charge in [-0.2, -0.15) is 5.10 Å². The minimum absolute atomic E-state index is 0.130. The van der Waals surface area contributed by atoms with Crippen molar-refractivity contribution in [2.75, 3.05) is 24.7 Å². The van der Waals surface area contributed by atoms with E-state index in [1.165, 1.54) is 0 Å². The van der Waals surface area contributed by atoms with Gasteiger partial charge in [-0.3, -0.25) is 14.0 Å². The summed E-state index contributed by atoms with van der Waals surface area (Å²) < 4.78 is 8.63. The van der Waals surface area contributed by atoms with E-state index in [1.807, 2.05) is 18.9 Å². The number of rotatable bonds is 2. The molecular weight excluding hydrogens is 258 g/mol. The maximum Gasteiger partial charge on any atom is 0.298 e. The van der Waals surface area contributed by atoms with Gasteiger partial charge in [0.1, 0.15) is 0 Å². The molecule has 1 atom stereocenters. The molecule has 0 aliphatic carbocycles. The van der Waals surface area contributed by atoms with Gasteiger partial charge in [-0.25, -0.2) is 4.98 Å². The minimum Gasteiger partial charge on any atom is -0.377 e. The van der Waals surface area contributed by atoms with Gasteiger partial charge < -0.3 is 9.64 Å². The van der Waals surface area contributed by atoms with E-state index in [0.717, 1.165) is 5.69 Å². The lowest BCUT2D eigenvalue weighted by molar-refractivity contribution is 0.0983. The van der Waals surface area contributed by atoms with Gasteiger partial charge in [0.2, 0.25) is 0 Å². The average Bonchev–Trinajstić information content (AvgIpc) is 2.86. The number of hydrogen-bond acceptors (Lipinski definition) is 5. The number of ether oxygens (including phenoxy) is 1. The molecule has 20 heavy (non-hydrogen) atoms. The molecule has 0 bridgehead atoms. The average molecular weight is 275 g/mol. The molecule has 1 fully saturated rings. The van der Waals surface area contributed by atoms with Gasteiger partial charge in [0, 0.05) is 32.2 Å². The number of anilines is 1. The summed E-state index contributed by atoms with van der Waals surface area (Å²) in [5, 5.41) is 4.09. The van der Waals surface area contributed by atoms with Gasteiger partial charge in [0.25, 0.3) is 5.56 Å². The van der Waals surface area contributed by atoms with E-state index in [-0.39, 0.29) is 11.6 Å². The summed E-state index contributed by atoms with van der Waals surface area (Å²) in [7, 11) is 1.82. The van der Waals surface area contributed by atoms with Gasteiger partial charge in [-0.15, -0.1) is 0 Å². The molecule has 0 radical (unpaired) electrons. The zero-order valence-electron chi connectivity index (χ0n) is 11.6. The molecule has 3 rings (SSSR count). The standard InChI is InChI=1S/C13H17N5O2/c1-10-9-20-6-5-17(10)12-13(19)18(4-3-14-12)11-7-15-16(2)8-11/h3-4,7-8,10H,5-6,9H2,1-2H3. The predicted octanol–water partition coefficient (Wildman–Crippen LogP) is 0.191. The summed E-state index contributed by atoms with van der Waals surface area (Å²) >= 11 is 0. The van der Waals surface area contributed by atoms with Crippen LogP contribution < -0.4 is 10.5 Å². The molecule has 1 unspecified atom stereocenters. The van der Waals surface area contributed by atoms with Crippen molar-refractivity contribution in [3.8, 4) is 5.69 Å². The molecule has 7 nitrogen and oxygen atoms in total. The number of morpholine rings is 1. The van der Waals surface area contributed by atoms with E-state index in [4.69, 9.17) is 4.74 Å². The number of nitrogens with zero attached hydrogens (tertiary/aromatic N) is 5. The quantitative estimate of drug-likeness (QED) is 0.783. The van der Waals surface area contributed by atoms with Crippen LogP contribution >= 0.6 is 0 Å². The SMILES string of the molecule is CC1COCCN1c1nccn(-c2cnn(C)c2)c1=O. The highest BCUT2D eigenvalue weighted by molar-refractivity contribution is 5.40. The number of aryl methyl sites for hydroxylation is 1. The highest BCUT2D eigenvalue weighted by Crippen LogP contribution is 2.13. The maximum atomic E-state index is 12.6. The van der Waals surface area contributed by atoms with Crippen LogP contribution in [0.5, 0.6) is 0 Å². The molecule has 106 valence electrons. The monoisotopic (exact) mass is 275 g/mol. The molecule has 1 aliphatic heterocycles. The van der Waals surface area contributed by atoms with E-state index in [1.54, 1.807) is 34.0 Å². The Morgan fingerprint density at radius 2 is 2.30 bits per heavy atom. The van der Waals surface area contributed by atoms with E-state index >= 15 is 0 Å². The molecule has 7 heteroatoms. The summed E-state index contributed by atoms with van der Waals surface area (Å²) in [4.78, 5) is 18.9. The Morgan fingerprint density at radius 1 is 1.45 bits per heavy atom. The molecular formula is C13H17N5O2. The first-order valence-corrected chi connectivity index (χ1v) is 6.58. The van der Waals surface area contributed by atoms with E-state index in [0.29, 0.717) is 25.6 Å². The highest BCUT2D eigenvalue weighted by atomic mass is 16.5. The molecule has 0 saturated carbocycles. The Balaban J connectivity index is 2.03. The van der Waals surface area contributed by atoms with Crippen molar-refractivity contribution < 1.29 is 4.74 Å². The zero-order chi connectivity index (χ0) is 14.1. The molecule has 0 N–H and O–H groups in total. The van der Waals surface area contributed by atoms with Crippen LogP contribution in [-0.4, -0.2) is 45.1 Å². The third-order valence-electron chi connectivity index (χ3n) is 3.43. The van der Waals surface area contributed by atoms with Crippen molar-refractivity contribution in [2.24, 2.45) is 7.05 Å². The van der Waals surface area contributed by atoms with Crippen LogP contribution in [0.1, 0.15) is 6.92 Å². The molecule has 0 aromatic carbocycles. The van der Waals surface area contributed by atoms with Gasteiger partial charge in [0.05, 0.1) is 31.1 Å². The highest BCUT2D eigenvalue weighted by Gasteiger charge is 2.23. The molecule has 1 saturated heterocycles. The normalized spacial score (nSPS) is 19.3. The number of aromatic nitrogens is 4. The van der Waals surface area contributed by atoms with Crippen molar-refractivity contribution in [1.29, 1.82) is 0 Å². The Hall–Kier alpha value is -2.15. The topological polar surface area (TPSA) is 65.2 Å². The zero-order valence-corrected chi connectivity index (χ0v) is 11.6. The summed E-state index contributed by atoms with van der Waals surface area (Å²) in [6, 6.07) is 0.147. The lowest BCUT2D eigenvalue weighted by Crippen LogP contribution is -2.47. The number of hydrogen-bond donors (Lipinski definition) is 0. The predicted molar refractivity (Wildman–Crippen MR) is 74.2 cm³/mol. The fraction of sp³-hybridized carbons (Fsp3) is 0.462. The smallest absolute Gasteiger partial charge is 0.298 e. The molecule has 0 amide bonds. The van der Waals surface area contributed by atoms with Crippen molar-refractivity contribution in [1.82, 2.24) is 19.3 Å². The maximum absolute atomic E-state index is 12.6. The Morgan fingerprint density at radius 3 is 3.00 bits per heavy atom. The van der Waals surface area contributed by atoms with Crippen molar-refractivity contribution in [3.05, 3.63) is 35.1 Å². The van der Waals surface area contributed by atoms with E-state index in [2.05, 4.69) is 10.1 Å². The van der Waals surface area contributed by atoms with Crippen LogP contribution in [0, 0.1) is 0 Å². The molecule has 2 aromatic heterocycles. The van der Waals surface area contributed by atoms with Crippen LogP contribution in [-0.2, 0) is 11.8 Å². The minimum atomic E-state index is -0.130. The Labute approximate surface area is 116 Å². The fourth-order valence-electron chi connectivity index (χ4n) is 2.38. The Kier molecular flexibility index (Phi) is 3.27. The first-order chi connectivity index (χ1) is 9.66. The van der Waals surface area contributed by atoms with E-state index < -0.39 is 0 Å². The van der Waals surface area contributed by atoms with Crippen molar-refractivity contribution in [2.45, 2.75) is 13.0 Å². The van der Waals surface area contributed by atoms with Crippen LogP contribution in [0.15, 0.2) is 29.6 Å². The summed E-state index contributed by atoms with van der Waals surface area (Å²) in [6.07, 6.45) is 6.77. The summed E-state index contributed by atoms with van der Waals surface area (Å²) in [6.45, 7) is 3.94. The third kappa shape index (κ3) is 2.20. The lowest BCUT2D eigenvalue weighted by Gasteiger charge is -2.33. The largest absolute Gasteiger partial charge is 0.377 e. The first-order valence-electron chi connectivity index (χ1n) is 6.58. The summed E-state index contributed by atoms with van der Waals surface area (Å²) in [5.74, 6) is 0.465. The second kappa shape index (κ2) is 5.09. The van der Waals surface area contributed by atoms with Gasteiger partial charge >= 0.3 is 0 Å². The lowest BCUT2D eigenvalue weighted by atomic mass is 10.2. The van der Waals surface area contributed by atoms with Crippen LogP contribution in [0.4, 0.5) is 5.82 Å². The van der Waals surface area contributed by atoms with Gasteiger partial charge in [0.15, 0.2) is 5.82 Å². The van der Waals surface area contributed by atoms with Crippen molar-refractivity contribution >= 4 is 5.82 Å². The van der Waals surface area contributed by atoms with E-state index in [9.17, 15) is 4.79 Å².